The molecule has 1 saturated carbocycles. The highest BCUT2D eigenvalue weighted by Gasteiger charge is 2.53. The summed E-state index contributed by atoms with van der Waals surface area (Å²) in [4.78, 5) is 13.0. The Morgan fingerprint density at radius 1 is 1.13 bits per heavy atom. The molecule has 1 saturated heterocycles. The van der Waals surface area contributed by atoms with E-state index in [9.17, 15) is 4.79 Å². The quantitative estimate of drug-likeness (QED) is 0.882. The molecular weight excluding hydrogens is 308 g/mol. The highest BCUT2D eigenvalue weighted by molar-refractivity contribution is 6.31. The van der Waals surface area contributed by atoms with Crippen molar-refractivity contribution in [3.8, 4) is 0 Å². The molecule has 1 aromatic rings. The van der Waals surface area contributed by atoms with E-state index in [2.05, 4.69) is 38.3 Å². The molecule has 0 atom stereocenters. The molecule has 0 unspecified atom stereocenters. The molecule has 0 aromatic heterocycles. The number of rotatable bonds is 3. The van der Waals surface area contributed by atoms with Crippen LogP contribution in [-0.2, 0) is 10.2 Å². The van der Waals surface area contributed by atoms with Gasteiger partial charge in [-0.05, 0) is 65.0 Å². The Morgan fingerprint density at radius 3 is 2.22 bits per heavy atom. The van der Waals surface area contributed by atoms with Gasteiger partial charge in [-0.1, -0.05) is 29.8 Å². The van der Waals surface area contributed by atoms with Crippen LogP contribution in [0.25, 0.3) is 0 Å². The van der Waals surface area contributed by atoms with Gasteiger partial charge in [0.25, 0.3) is 0 Å². The van der Waals surface area contributed by atoms with E-state index < -0.39 is 5.41 Å². The summed E-state index contributed by atoms with van der Waals surface area (Å²) in [6.45, 7) is 8.81. The fourth-order valence-corrected chi connectivity index (χ4v) is 4.66. The predicted octanol–water partition coefficient (Wildman–Crippen LogP) is 3.80. The van der Waals surface area contributed by atoms with Crippen LogP contribution in [0.2, 0.25) is 5.02 Å². The van der Waals surface area contributed by atoms with Gasteiger partial charge in [-0.2, -0.15) is 0 Å². The van der Waals surface area contributed by atoms with Gasteiger partial charge in [0.15, 0.2) is 0 Å². The number of amides is 1. The van der Waals surface area contributed by atoms with Crippen molar-refractivity contribution in [2.45, 2.75) is 75.9 Å². The van der Waals surface area contributed by atoms with Crippen molar-refractivity contribution in [1.29, 1.82) is 0 Å². The van der Waals surface area contributed by atoms with Gasteiger partial charge >= 0.3 is 0 Å². The lowest BCUT2D eigenvalue weighted by molar-refractivity contribution is -0.124. The van der Waals surface area contributed by atoms with Crippen molar-refractivity contribution >= 4 is 17.5 Å². The summed E-state index contributed by atoms with van der Waals surface area (Å²) in [6.07, 6.45) is 3.67. The minimum atomic E-state index is -0.405. The molecule has 1 aromatic carbocycles. The maximum atomic E-state index is 13.0. The normalized spacial score (nSPS) is 24.9. The minimum Gasteiger partial charge on any atom is -0.352 e. The number of hydrogen-bond acceptors (Lipinski definition) is 2. The molecule has 1 aliphatic heterocycles. The molecular formula is C19H27ClN2O. The Labute approximate surface area is 144 Å². The van der Waals surface area contributed by atoms with Gasteiger partial charge in [-0.25, -0.2) is 0 Å². The number of nitrogens with one attached hydrogen (secondary N) is 2. The van der Waals surface area contributed by atoms with Crippen LogP contribution in [0.5, 0.6) is 0 Å². The molecule has 23 heavy (non-hydrogen) atoms. The highest BCUT2D eigenvalue weighted by Crippen LogP contribution is 2.50. The van der Waals surface area contributed by atoms with Crippen molar-refractivity contribution in [2.24, 2.45) is 0 Å². The van der Waals surface area contributed by atoms with Gasteiger partial charge in [0.05, 0.1) is 5.41 Å². The van der Waals surface area contributed by atoms with Gasteiger partial charge in [0.1, 0.15) is 0 Å². The number of piperidine rings is 1. The average molecular weight is 335 g/mol. The van der Waals surface area contributed by atoms with Gasteiger partial charge < -0.3 is 10.6 Å². The Bertz CT molecular complexity index is 604. The third kappa shape index (κ3) is 3.41. The Morgan fingerprint density at radius 2 is 1.70 bits per heavy atom. The molecule has 126 valence electrons. The van der Waals surface area contributed by atoms with E-state index in [4.69, 9.17) is 11.6 Å². The minimum absolute atomic E-state index is 0.0286. The van der Waals surface area contributed by atoms with E-state index in [0.717, 1.165) is 31.2 Å². The van der Waals surface area contributed by atoms with Crippen molar-refractivity contribution in [3.63, 3.8) is 0 Å². The molecule has 2 N–H and O–H groups in total. The van der Waals surface area contributed by atoms with E-state index in [-0.39, 0.29) is 23.0 Å². The van der Waals surface area contributed by atoms with Crippen LogP contribution in [0, 0.1) is 0 Å². The number of carbonyl (C=O) groups is 1. The van der Waals surface area contributed by atoms with Crippen molar-refractivity contribution in [1.82, 2.24) is 10.6 Å². The lowest BCUT2D eigenvalue weighted by atomic mass is 9.79. The molecule has 0 bridgehead atoms. The first kappa shape index (κ1) is 16.8. The predicted molar refractivity (Wildman–Crippen MR) is 94.8 cm³/mol. The average Bonchev–Trinajstić information content (AvgIpc) is 3.16. The van der Waals surface area contributed by atoms with E-state index >= 15 is 0 Å². The van der Waals surface area contributed by atoms with Crippen LogP contribution >= 0.6 is 11.6 Å². The fraction of sp³-hybridized carbons (Fsp3) is 0.632. The number of halogens is 1. The Balaban J connectivity index is 1.76. The largest absolute Gasteiger partial charge is 0.352 e. The Kier molecular flexibility index (Phi) is 4.01. The molecule has 1 heterocycles. The van der Waals surface area contributed by atoms with E-state index in [1.165, 1.54) is 0 Å². The number of carbonyl (C=O) groups excluding carboxylic acids is 1. The van der Waals surface area contributed by atoms with Crippen molar-refractivity contribution < 1.29 is 4.79 Å². The monoisotopic (exact) mass is 334 g/mol. The van der Waals surface area contributed by atoms with Crippen LogP contribution in [0.4, 0.5) is 0 Å². The van der Waals surface area contributed by atoms with Crippen LogP contribution in [0.15, 0.2) is 24.3 Å². The summed E-state index contributed by atoms with van der Waals surface area (Å²) in [5, 5.41) is 7.68. The SMILES string of the molecule is CC1(C)CC(NC(=O)C2(c3ccccc3Cl)CC2)CC(C)(C)N1. The highest BCUT2D eigenvalue weighted by atomic mass is 35.5. The Hall–Kier alpha value is -1.06. The van der Waals surface area contributed by atoms with Gasteiger partial charge in [0.2, 0.25) is 5.91 Å². The van der Waals surface area contributed by atoms with Gasteiger partial charge in [-0.3, -0.25) is 4.79 Å². The fourth-order valence-electron chi connectivity index (χ4n) is 4.34. The van der Waals surface area contributed by atoms with Crippen LogP contribution in [0.3, 0.4) is 0 Å². The van der Waals surface area contributed by atoms with Crippen LogP contribution in [0.1, 0.15) is 58.9 Å². The third-order valence-electron chi connectivity index (χ3n) is 5.10. The second-order valence-electron chi connectivity index (χ2n) is 8.53. The first-order valence-corrected chi connectivity index (χ1v) is 8.87. The maximum Gasteiger partial charge on any atom is 0.230 e. The lowest BCUT2D eigenvalue weighted by Crippen LogP contribution is -2.62. The molecule has 0 spiro atoms. The second kappa shape index (κ2) is 5.49. The third-order valence-corrected chi connectivity index (χ3v) is 5.43. The lowest BCUT2D eigenvalue weighted by Gasteiger charge is -2.46. The van der Waals surface area contributed by atoms with Gasteiger partial charge in [-0.15, -0.1) is 0 Å². The topological polar surface area (TPSA) is 41.1 Å². The molecule has 4 heteroatoms. The first-order valence-electron chi connectivity index (χ1n) is 8.49. The zero-order chi connectivity index (χ0) is 16.9. The molecule has 2 aliphatic rings. The van der Waals surface area contributed by atoms with E-state index in [1.807, 2.05) is 24.3 Å². The number of hydrogen-bond donors (Lipinski definition) is 2. The smallest absolute Gasteiger partial charge is 0.230 e. The molecule has 1 aliphatic carbocycles. The number of benzene rings is 1. The second-order valence-corrected chi connectivity index (χ2v) is 8.94. The zero-order valence-electron chi connectivity index (χ0n) is 14.5. The molecule has 2 fully saturated rings. The van der Waals surface area contributed by atoms with Crippen LogP contribution in [-0.4, -0.2) is 23.0 Å². The van der Waals surface area contributed by atoms with Crippen molar-refractivity contribution in [3.05, 3.63) is 34.9 Å². The molecule has 1 amide bonds. The van der Waals surface area contributed by atoms with E-state index in [1.54, 1.807) is 0 Å². The zero-order valence-corrected chi connectivity index (χ0v) is 15.3. The summed E-state index contributed by atoms with van der Waals surface area (Å²) in [5.74, 6) is 0.143. The first-order chi connectivity index (χ1) is 10.6. The summed E-state index contributed by atoms with van der Waals surface area (Å²) < 4.78 is 0. The molecule has 0 radical (unpaired) electrons. The standard InChI is InChI=1S/C19H27ClN2O/c1-17(2)11-13(12-18(3,4)22-17)21-16(23)19(9-10-19)14-7-5-6-8-15(14)20/h5-8,13,22H,9-12H2,1-4H3,(H,21,23). The summed E-state index contributed by atoms with van der Waals surface area (Å²) in [7, 11) is 0. The van der Waals surface area contributed by atoms with Crippen molar-refractivity contribution in [2.75, 3.05) is 0 Å². The molecule has 3 rings (SSSR count). The molecule has 3 nitrogen and oxygen atoms in total. The van der Waals surface area contributed by atoms with E-state index in [0.29, 0.717) is 5.02 Å². The summed E-state index contributed by atoms with van der Waals surface area (Å²) >= 11 is 6.34. The van der Waals surface area contributed by atoms with Crippen LogP contribution < -0.4 is 10.6 Å². The summed E-state index contributed by atoms with van der Waals surface area (Å²) in [5.41, 5.74) is 0.630. The maximum absolute atomic E-state index is 13.0. The summed E-state index contributed by atoms with van der Waals surface area (Å²) in [6, 6.07) is 7.95. The van der Waals surface area contributed by atoms with Gasteiger partial charge in [0, 0.05) is 22.1 Å².